The van der Waals surface area contributed by atoms with Crippen molar-refractivity contribution in [3.05, 3.63) is 0 Å². The van der Waals surface area contributed by atoms with E-state index in [2.05, 4.69) is 0 Å². The van der Waals surface area contributed by atoms with Crippen molar-refractivity contribution < 1.29 is 13.0 Å². The Morgan fingerprint density at radius 3 is 2.44 bits per heavy atom. The molecule has 0 aliphatic carbocycles. The molecule has 9 heavy (non-hydrogen) atoms. The molecule has 0 saturated carbocycles. The second-order valence-corrected chi connectivity index (χ2v) is 4.38. The SMILES string of the molecule is CCSCCS(=O)(=O)[O-]. The van der Waals surface area contributed by atoms with Gasteiger partial charge in [0.1, 0.15) is 0 Å². The molecule has 0 aliphatic heterocycles. The van der Waals surface area contributed by atoms with Crippen molar-refractivity contribution in [3.8, 4) is 0 Å². The molecule has 0 radical (unpaired) electrons. The third kappa shape index (κ3) is 8.26. The van der Waals surface area contributed by atoms with E-state index < -0.39 is 10.1 Å². The summed E-state index contributed by atoms with van der Waals surface area (Å²) < 4.78 is 29.8. The van der Waals surface area contributed by atoms with Crippen LogP contribution >= 0.6 is 11.8 Å². The van der Waals surface area contributed by atoms with Gasteiger partial charge in [0.2, 0.25) is 0 Å². The standard InChI is InChI=1S/C4H10O3S2/c1-2-8-3-4-9(5,6)7/h2-4H2,1H3,(H,5,6,7)/p-1. The van der Waals surface area contributed by atoms with Gasteiger partial charge in [-0.3, -0.25) is 0 Å². The van der Waals surface area contributed by atoms with Gasteiger partial charge in [0.15, 0.2) is 0 Å². The minimum atomic E-state index is -3.97. The van der Waals surface area contributed by atoms with Crippen molar-refractivity contribution in [3.63, 3.8) is 0 Å². The molecule has 0 rings (SSSR count). The first-order chi connectivity index (χ1) is 4.06. The lowest BCUT2D eigenvalue weighted by molar-refractivity contribution is 0.465. The fourth-order valence-corrected chi connectivity index (χ4v) is 1.88. The summed E-state index contributed by atoms with van der Waals surface area (Å²) in [6, 6.07) is 0. The molecule has 0 aromatic heterocycles. The predicted octanol–water partition coefficient (Wildman–Crippen LogP) is 0.285. The van der Waals surface area contributed by atoms with Crippen molar-refractivity contribution >= 4 is 21.9 Å². The van der Waals surface area contributed by atoms with E-state index in [1.165, 1.54) is 11.8 Å². The Bertz CT molecular complexity index is 149. The number of hydrogen-bond acceptors (Lipinski definition) is 4. The van der Waals surface area contributed by atoms with E-state index in [0.717, 1.165) is 5.75 Å². The molecule has 3 nitrogen and oxygen atoms in total. The van der Waals surface area contributed by atoms with E-state index in [1.54, 1.807) is 0 Å². The number of rotatable bonds is 4. The third-order valence-corrected chi connectivity index (χ3v) is 2.55. The molecule has 5 heteroatoms. The van der Waals surface area contributed by atoms with E-state index in [-0.39, 0.29) is 5.75 Å². The Morgan fingerprint density at radius 1 is 1.56 bits per heavy atom. The molecular formula is C4H9O3S2-. The zero-order chi connectivity index (χ0) is 7.33. The predicted molar refractivity (Wildman–Crippen MR) is 37.6 cm³/mol. The third-order valence-electron chi connectivity index (χ3n) is 0.682. The highest BCUT2D eigenvalue weighted by atomic mass is 32.2. The summed E-state index contributed by atoms with van der Waals surface area (Å²) in [6.45, 7) is 1.92. The largest absolute Gasteiger partial charge is 0.748 e. The van der Waals surface area contributed by atoms with E-state index in [1.807, 2.05) is 6.92 Å². The van der Waals surface area contributed by atoms with Gasteiger partial charge in [-0.05, 0) is 5.75 Å². The molecule has 0 aliphatic rings. The summed E-state index contributed by atoms with van der Waals surface area (Å²) in [5.41, 5.74) is 0. The molecule has 0 bridgehead atoms. The maximum absolute atomic E-state index is 9.94. The zero-order valence-corrected chi connectivity index (χ0v) is 6.80. The number of hydrogen-bond donors (Lipinski definition) is 0. The highest BCUT2D eigenvalue weighted by Gasteiger charge is 1.92. The zero-order valence-electron chi connectivity index (χ0n) is 5.16. The smallest absolute Gasteiger partial charge is 0.0954 e. The molecule has 0 unspecified atom stereocenters. The van der Waals surface area contributed by atoms with Gasteiger partial charge in [0, 0.05) is 11.5 Å². The highest BCUT2D eigenvalue weighted by Crippen LogP contribution is 1.98. The molecule has 0 N–H and O–H groups in total. The summed E-state index contributed by atoms with van der Waals surface area (Å²) in [6.07, 6.45) is 0. The van der Waals surface area contributed by atoms with Crippen LogP contribution in [-0.2, 0) is 10.1 Å². The lowest BCUT2D eigenvalue weighted by Crippen LogP contribution is -2.06. The van der Waals surface area contributed by atoms with E-state index in [9.17, 15) is 13.0 Å². The molecular weight excluding hydrogens is 160 g/mol. The Morgan fingerprint density at radius 2 is 2.11 bits per heavy atom. The second-order valence-electron chi connectivity index (χ2n) is 1.46. The Kier molecular flexibility index (Phi) is 4.26. The van der Waals surface area contributed by atoms with Gasteiger partial charge in [-0.1, -0.05) is 6.92 Å². The minimum Gasteiger partial charge on any atom is -0.748 e. The average molecular weight is 169 g/mol. The molecule has 56 valence electrons. The fourth-order valence-electron chi connectivity index (χ4n) is 0.305. The van der Waals surface area contributed by atoms with E-state index >= 15 is 0 Å². The molecule has 0 aromatic carbocycles. The van der Waals surface area contributed by atoms with Crippen molar-refractivity contribution in [1.29, 1.82) is 0 Å². The van der Waals surface area contributed by atoms with Crippen molar-refractivity contribution in [1.82, 2.24) is 0 Å². The lowest BCUT2D eigenvalue weighted by atomic mass is 10.9. The summed E-state index contributed by atoms with van der Waals surface area (Å²) in [4.78, 5) is 0. The van der Waals surface area contributed by atoms with Gasteiger partial charge in [-0.15, -0.1) is 0 Å². The topological polar surface area (TPSA) is 57.2 Å². The molecule has 0 heterocycles. The van der Waals surface area contributed by atoms with Crippen LogP contribution in [0, 0.1) is 0 Å². The lowest BCUT2D eigenvalue weighted by Gasteiger charge is -2.03. The number of thioether (sulfide) groups is 1. The maximum Gasteiger partial charge on any atom is 0.0954 e. The highest BCUT2D eigenvalue weighted by molar-refractivity contribution is 8.00. The van der Waals surface area contributed by atoms with Gasteiger partial charge < -0.3 is 4.55 Å². The van der Waals surface area contributed by atoms with E-state index in [4.69, 9.17) is 0 Å². The van der Waals surface area contributed by atoms with Crippen LogP contribution in [0.2, 0.25) is 0 Å². The Balaban J connectivity index is 3.30. The molecule has 0 saturated heterocycles. The van der Waals surface area contributed by atoms with Gasteiger partial charge in [0.05, 0.1) is 10.1 Å². The first kappa shape index (κ1) is 9.26. The van der Waals surface area contributed by atoms with Gasteiger partial charge in [-0.25, -0.2) is 8.42 Å². The van der Waals surface area contributed by atoms with Crippen LogP contribution in [0.15, 0.2) is 0 Å². The van der Waals surface area contributed by atoms with Crippen LogP contribution < -0.4 is 0 Å². The summed E-state index contributed by atoms with van der Waals surface area (Å²) in [7, 11) is -3.97. The van der Waals surface area contributed by atoms with Crippen molar-refractivity contribution in [2.45, 2.75) is 6.92 Å². The molecule has 0 atom stereocenters. The summed E-state index contributed by atoms with van der Waals surface area (Å²) >= 11 is 1.46. The van der Waals surface area contributed by atoms with Crippen LogP contribution in [0.4, 0.5) is 0 Å². The first-order valence-electron chi connectivity index (χ1n) is 2.57. The first-order valence-corrected chi connectivity index (χ1v) is 5.31. The molecule has 0 spiro atoms. The van der Waals surface area contributed by atoms with Crippen LogP contribution in [0.25, 0.3) is 0 Å². The van der Waals surface area contributed by atoms with E-state index in [0.29, 0.717) is 5.75 Å². The Labute approximate surface area is 59.6 Å². The van der Waals surface area contributed by atoms with Gasteiger partial charge in [-0.2, -0.15) is 11.8 Å². The molecule has 0 amide bonds. The monoisotopic (exact) mass is 169 g/mol. The van der Waals surface area contributed by atoms with Crippen molar-refractivity contribution in [2.24, 2.45) is 0 Å². The Hall–Kier alpha value is 0.260. The van der Waals surface area contributed by atoms with Crippen LogP contribution in [-0.4, -0.2) is 30.2 Å². The second kappa shape index (κ2) is 4.14. The molecule has 0 fully saturated rings. The normalized spacial score (nSPS) is 11.8. The van der Waals surface area contributed by atoms with Gasteiger partial charge >= 0.3 is 0 Å². The maximum atomic E-state index is 9.94. The van der Waals surface area contributed by atoms with Gasteiger partial charge in [0.25, 0.3) is 0 Å². The van der Waals surface area contributed by atoms with Crippen molar-refractivity contribution in [2.75, 3.05) is 17.3 Å². The quantitative estimate of drug-likeness (QED) is 0.448. The van der Waals surface area contributed by atoms with Crippen LogP contribution in [0.5, 0.6) is 0 Å². The minimum absolute atomic E-state index is 0.245. The molecule has 0 aromatic rings. The van der Waals surface area contributed by atoms with Crippen LogP contribution in [0.1, 0.15) is 6.92 Å². The fraction of sp³-hybridized carbons (Fsp3) is 1.00. The summed E-state index contributed by atoms with van der Waals surface area (Å²) in [5, 5.41) is 0. The average Bonchev–Trinajstić information content (AvgIpc) is 1.63. The van der Waals surface area contributed by atoms with Crippen LogP contribution in [0.3, 0.4) is 0 Å². The summed E-state index contributed by atoms with van der Waals surface area (Å²) in [5.74, 6) is 1.03.